The molecule has 0 unspecified atom stereocenters. The van der Waals surface area contributed by atoms with E-state index in [2.05, 4.69) is 13.8 Å². The van der Waals surface area contributed by atoms with Gasteiger partial charge in [-0.15, -0.1) is 0 Å². The lowest BCUT2D eigenvalue weighted by molar-refractivity contribution is -0.668. The van der Waals surface area contributed by atoms with Gasteiger partial charge < -0.3 is 9.47 Å². The fourth-order valence-corrected chi connectivity index (χ4v) is 2.67. The number of amides is 1. The Morgan fingerprint density at radius 1 is 1.45 bits per heavy atom. The summed E-state index contributed by atoms with van der Waals surface area (Å²) in [5.74, 6) is 2.69. The lowest BCUT2D eigenvalue weighted by atomic mass is 10.1. The summed E-state index contributed by atoms with van der Waals surface area (Å²) in [7, 11) is 3.69. The lowest BCUT2D eigenvalue weighted by Gasteiger charge is -2.23. The molecule has 0 atom stereocenters. The van der Waals surface area contributed by atoms with Crippen LogP contribution in [0.25, 0.3) is 0 Å². The third-order valence-corrected chi connectivity index (χ3v) is 4.66. The van der Waals surface area contributed by atoms with Gasteiger partial charge in [-0.3, -0.25) is 0 Å². The standard InChI is InChI=1S/C15H22NO3S/c1-11(2)10-20-16(3,4)15(17)19-13-7-5-6-12-8-9-18-14(12)13/h5-7,11H,8-10H2,1-4H3/q+1. The Bertz CT molecular complexity index is 500. The van der Waals surface area contributed by atoms with Crippen LogP contribution in [0, 0.1) is 5.92 Å². The Hall–Kier alpha value is -1.20. The number of fused-ring (bicyclic) bond motifs is 1. The molecule has 1 heterocycles. The van der Waals surface area contributed by atoms with E-state index >= 15 is 0 Å². The van der Waals surface area contributed by atoms with Crippen molar-refractivity contribution in [3.8, 4) is 11.5 Å². The first kappa shape index (κ1) is 15.2. The molecule has 0 aliphatic carbocycles. The number of para-hydroxylation sites is 1. The molecule has 0 aromatic heterocycles. The summed E-state index contributed by atoms with van der Waals surface area (Å²) < 4.78 is 11.2. The van der Waals surface area contributed by atoms with Crippen LogP contribution < -0.4 is 9.47 Å². The molecule has 20 heavy (non-hydrogen) atoms. The third-order valence-electron chi connectivity index (χ3n) is 3.05. The molecule has 0 radical (unpaired) electrons. The second-order valence-corrected chi connectivity index (χ2v) is 7.26. The monoisotopic (exact) mass is 296 g/mol. The summed E-state index contributed by atoms with van der Waals surface area (Å²) >= 11 is 1.57. The van der Waals surface area contributed by atoms with Crippen molar-refractivity contribution < 1.29 is 18.2 Å². The molecular formula is C15H22NO3S+. The van der Waals surface area contributed by atoms with Gasteiger partial charge in [-0.2, -0.15) is 8.68 Å². The predicted octanol–water partition coefficient (Wildman–Crippen LogP) is 3.50. The number of carbonyl (C=O) groups excluding carboxylic acids is 1. The molecule has 0 saturated carbocycles. The molecule has 2 rings (SSSR count). The average Bonchev–Trinajstić information content (AvgIpc) is 2.86. The molecule has 0 N–H and O–H groups in total. The van der Waals surface area contributed by atoms with E-state index in [4.69, 9.17) is 9.47 Å². The minimum absolute atomic E-state index is 0.141. The van der Waals surface area contributed by atoms with Crippen LogP contribution in [-0.4, -0.2) is 36.4 Å². The summed E-state index contributed by atoms with van der Waals surface area (Å²) in [6.45, 7) is 4.93. The topological polar surface area (TPSA) is 35.5 Å². The van der Waals surface area contributed by atoms with Crippen LogP contribution >= 0.6 is 11.9 Å². The maximum Gasteiger partial charge on any atom is 0.533 e. The number of rotatable bonds is 4. The molecule has 1 aliphatic rings. The van der Waals surface area contributed by atoms with Crippen LogP contribution in [-0.2, 0) is 6.42 Å². The number of benzene rings is 1. The van der Waals surface area contributed by atoms with Crippen molar-refractivity contribution in [3.05, 3.63) is 23.8 Å². The molecule has 4 nitrogen and oxygen atoms in total. The molecule has 0 spiro atoms. The van der Waals surface area contributed by atoms with Gasteiger partial charge in [0.25, 0.3) is 0 Å². The first-order valence-electron chi connectivity index (χ1n) is 6.85. The van der Waals surface area contributed by atoms with Gasteiger partial charge in [-0.1, -0.05) is 26.0 Å². The highest BCUT2D eigenvalue weighted by Gasteiger charge is 2.33. The number of nitrogens with zero attached hydrogens (tertiary/aromatic N) is 1. The van der Waals surface area contributed by atoms with E-state index in [1.54, 1.807) is 18.0 Å². The van der Waals surface area contributed by atoms with Gasteiger partial charge >= 0.3 is 6.09 Å². The Morgan fingerprint density at radius 2 is 2.20 bits per heavy atom. The number of ether oxygens (including phenoxy) is 2. The average molecular weight is 296 g/mol. The van der Waals surface area contributed by atoms with Gasteiger partial charge in [0, 0.05) is 12.0 Å². The molecule has 1 aromatic rings. The zero-order valence-electron chi connectivity index (χ0n) is 12.5. The van der Waals surface area contributed by atoms with E-state index in [-0.39, 0.29) is 9.98 Å². The van der Waals surface area contributed by atoms with Crippen LogP contribution in [0.1, 0.15) is 19.4 Å². The summed E-state index contributed by atoms with van der Waals surface area (Å²) in [6, 6.07) is 5.69. The van der Waals surface area contributed by atoms with Crippen molar-refractivity contribution in [1.29, 1.82) is 0 Å². The second-order valence-electron chi connectivity index (χ2n) is 5.75. The summed E-state index contributed by atoms with van der Waals surface area (Å²) in [4.78, 5) is 12.3. The molecule has 1 aromatic carbocycles. The molecule has 110 valence electrons. The van der Waals surface area contributed by atoms with E-state index in [9.17, 15) is 4.79 Å². The lowest BCUT2D eigenvalue weighted by Crippen LogP contribution is -2.41. The molecule has 0 saturated heterocycles. The number of carbonyl (C=O) groups is 1. The normalized spacial score (nSPS) is 14.1. The third kappa shape index (κ3) is 3.46. The van der Waals surface area contributed by atoms with Gasteiger partial charge in [-0.25, -0.2) is 0 Å². The van der Waals surface area contributed by atoms with Gasteiger partial charge in [0.1, 0.15) is 0 Å². The number of hydrogen-bond acceptors (Lipinski definition) is 4. The SMILES string of the molecule is CC(C)CS[N+](C)(C)C(=O)Oc1cccc2c1OCC2. The minimum Gasteiger partial charge on any atom is -0.489 e. The minimum atomic E-state index is -0.278. The first-order valence-corrected chi connectivity index (χ1v) is 7.80. The Balaban J connectivity index is 2.06. The Morgan fingerprint density at radius 3 is 2.90 bits per heavy atom. The van der Waals surface area contributed by atoms with Crippen LogP contribution in [0.3, 0.4) is 0 Å². The van der Waals surface area contributed by atoms with Crippen molar-refractivity contribution in [3.63, 3.8) is 0 Å². The maximum absolute atomic E-state index is 12.3. The zero-order chi connectivity index (χ0) is 14.8. The summed E-state index contributed by atoms with van der Waals surface area (Å²) in [5, 5.41) is 0. The summed E-state index contributed by atoms with van der Waals surface area (Å²) in [5.41, 5.74) is 1.11. The van der Waals surface area contributed by atoms with E-state index < -0.39 is 0 Å². The maximum atomic E-state index is 12.3. The highest BCUT2D eigenvalue weighted by atomic mass is 32.2. The van der Waals surface area contributed by atoms with Crippen molar-refractivity contribution in [2.24, 2.45) is 5.92 Å². The number of quaternary nitrogens is 1. The number of hydrogen-bond donors (Lipinski definition) is 0. The van der Waals surface area contributed by atoms with E-state index in [1.165, 1.54) is 0 Å². The van der Waals surface area contributed by atoms with E-state index in [0.717, 1.165) is 23.5 Å². The predicted molar refractivity (Wildman–Crippen MR) is 81.1 cm³/mol. The van der Waals surface area contributed by atoms with Crippen molar-refractivity contribution >= 4 is 18.0 Å². The zero-order valence-corrected chi connectivity index (χ0v) is 13.3. The molecule has 0 bridgehead atoms. The fourth-order valence-electron chi connectivity index (χ4n) is 1.86. The van der Waals surface area contributed by atoms with Gasteiger partial charge in [-0.05, 0) is 12.0 Å². The van der Waals surface area contributed by atoms with Gasteiger partial charge in [0.15, 0.2) is 11.5 Å². The smallest absolute Gasteiger partial charge is 0.489 e. The quantitative estimate of drug-likeness (QED) is 0.629. The summed E-state index contributed by atoms with van der Waals surface area (Å²) in [6.07, 6.45) is 0.598. The van der Waals surface area contributed by atoms with Crippen molar-refractivity contribution in [2.45, 2.75) is 20.3 Å². The molecule has 0 fully saturated rings. The Labute approximate surface area is 124 Å². The highest BCUT2D eigenvalue weighted by molar-refractivity contribution is 7.94. The van der Waals surface area contributed by atoms with Crippen LogP contribution in [0.4, 0.5) is 4.79 Å². The Kier molecular flexibility index (Phi) is 4.60. The van der Waals surface area contributed by atoms with Gasteiger partial charge in [0.2, 0.25) is 0 Å². The molecule has 1 aliphatic heterocycles. The van der Waals surface area contributed by atoms with Crippen LogP contribution in [0.15, 0.2) is 18.2 Å². The van der Waals surface area contributed by atoms with Gasteiger partial charge in [0.05, 0.1) is 38.4 Å². The molecular weight excluding hydrogens is 274 g/mol. The van der Waals surface area contributed by atoms with Crippen molar-refractivity contribution in [2.75, 3.05) is 26.5 Å². The first-order chi connectivity index (χ1) is 9.40. The van der Waals surface area contributed by atoms with Crippen LogP contribution in [0.5, 0.6) is 11.5 Å². The molecule has 1 amide bonds. The fraction of sp³-hybridized carbons (Fsp3) is 0.533. The van der Waals surface area contributed by atoms with Crippen molar-refractivity contribution in [1.82, 2.24) is 0 Å². The highest BCUT2D eigenvalue weighted by Crippen LogP contribution is 2.36. The van der Waals surface area contributed by atoms with E-state index in [1.807, 2.05) is 26.2 Å². The second kappa shape index (κ2) is 6.06. The van der Waals surface area contributed by atoms with E-state index in [0.29, 0.717) is 18.3 Å². The van der Waals surface area contributed by atoms with Crippen LogP contribution in [0.2, 0.25) is 0 Å². The largest absolute Gasteiger partial charge is 0.533 e. The molecule has 5 heteroatoms.